The second-order valence-electron chi connectivity index (χ2n) is 0.465. The molecule has 0 aliphatic heterocycles. The van der Waals surface area contributed by atoms with Crippen molar-refractivity contribution in [2.24, 2.45) is 5.21 Å². The van der Waals surface area contributed by atoms with Gasteiger partial charge in [-0.2, -0.15) is 0 Å². The molecule has 0 unspecified atom stereocenters. The van der Waals surface area contributed by atoms with E-state index in [1.807, 2.05) is 5.21 Å². The lowest BCUT2D eigenvalue weighted by Gasteiger charge is -1.64. The summed E-state index contributed by atoms with van der Waals surface area (Å²) in [6.07, 6.45) is 0. The molecule has 0 atom stereocenters. The van der Waals surface area contributed by atoms with Gasteiger partial charge in [0.2, 0.25) is 0 Å². The SMILES string of the molecule is [C-]#[N+]C(Cl)=NF. The molecular formula is C2ClFN2. The summed E-state index contributed by atoms with van der Waals surface area (Å²) in [6, 6.07) is 0. The topological polar surface area (TPSA) is 16.7 Å². The molecule has 0 amide bonds. The Morgan fingerprint density at radius 2 is 2.50 bits per heavy atom. The largest absolute Gasteiger partial charge is 0.379 e. The molecule has 6 heavy (non-hydrogen) atoms. The van der Waals surface area contributed by atoms with E-state index in [0.29, 0.717) is 0 Å². The second-order valence-corrected chi connectivity index (χ2v) is 0.803. The normalized spacial score (nSPS) is 10.5. The maximum absolute atomic E-state index is 10.6. The van der Waals surface area contributed by atoms with Crippen molar-refractivity contribution in [2.45, 2.75) is 0 Å². The van der Waals surface area contributed by atoms with Crippen LogP contribution in [0.5, 0.6) is 0 Å². The molecule has 0 spiro atoms. The van der Waals surface area contributed by atoms with E-state index in [1.165, 1.54) is 0 Å². The molecule has 0 saturated carbocycles. The van der Waals surface area contributed by atoms with E-state index in [0.717, 1.165) is 0 Å². The number of halogens is 2. The van der Waals surface area contributed by atoms with E-state index >= 15 is 0 Å². The van der Waals surface area contributed by atoms with Crippen LogP contribution in [0.25, 0.3) is 4.85 Å². The smallest absolute Gasteiger partial charge is 0.348 e. The Labute approximate surface area is 39.0 Å². The summed E-state index contributed by atoms with van der Waals surface area (Å²) in [5, 5.41) is 1.15. The van der Waals surface area contributed by atoms with Crippen molar-refractivity contribution >= 4 is 16.9 Å². The van der Waals surface area contributed by atoms with Crippen molar-refractivity contribution in [2.75, 3.05) is 0 Å². The lowest BCUT2D eigenvalue weighted by molar-refractivity contribution is 0.540. The van der Waals surface area contributed by atoms with Crippen LogP contribution < -0.4 is 0 Å². The summed E-state index contributed by atoms with van der Waals surface area (Å²) in [5.74, 6) is 0. The van der Waals surface area contributed by atoms with E-state index in [-0.39, 0.29) is 0 Å². The standard InChI is InChI=1S/C2ClFN2/c1-5-2(3)6-4. The Kier molecular flexibility index (Phi) is 2.34. The highest BCUT2D eigenvalue weighted by Gasteiger charge is 1.83. The zero-order valence-corrected chi connectivity index (χ0v) is 3.41. The van der Waals surface area contributed by atoms with Crippen LogP contribution in [-0.4, -0.2) is 5.29 Å². The minimum atomic E-state index is -0.685. The van der Waals surface area contributed by atoms with Gasteiger partial charge in [0.1, 0.15) is 0 Å². The molecule has 0 aromatic carbocycles. The van der Waals surface area contributed by atoms with E-state index in [1.54, 1.807) is 0 Å². The molecule has 32 valence electrons. The lowest BCUT2D eigenvalue weighted by atomic mass is 11.3. The molecule has 0 saturated heterocycles. The van der Waals surface area contributed by atoms with Crippen molar-refractivity contribution in [1.82, 2.24) is 0 Å². The Balaban J connectivity index is 3.61. The molecule has 2 nitrogen and oxygen atoms in total. The fraction of sp³-hybridized carbons (Fsp3) is 0. The predicted molar refractivity (Wildman–Crippen MR) is 21.0 cm³/mol. The van der Waals surface area contributed by atoms with Gasteiger partial charge in [-0.15, -0.1) is 0 Å². The maximum atomic E-state index is 10.6. The minimum Gasteiger partial charge on any atom is -0.348 e. The summed E-state index contributed by atoms with van der Waals surface area (Å²) in [6.45, 7) is 5.93. The van der Waals surface area contributed by atoms with E-state index in [9.17, 15) is 4.48 Å². The van der Waals surface area contributed by atoms with Crippen LogP contribution in [0.15, 0.2) is 5.21 Å². The molecule has 0 aliphatic carbocycles. The first-order valence-corrected chi connectivity index (χ1v) is 1.41. The molecule has 4 heteroatoms. The molecule has 0 heterocycles. The van der Waals surface area contributed by atoms with Gasteiger partial charge >= 0.3 is 5.29 Å². The molecule has 0 aromatic rings. The third-order valence-corrected chi connectivity index (χ3v) is 0.310. The molecule has 0 radical (unpaired) electrons. The maximum Gasteiger partial charge on any atom is 0.379 e. The van der Waals surface area contributed by atoms with Crippen LogP contribution in [0.3, 0.4) is 0 Å². The van der Waals surface area contributed by atoms with Crippen LogP contribution in [-0.2, 0) is 0 Å². The van der Waals surface area contributed by atoms with Crippen molar-refractivity contribution < 1.29 is 4.48 Å². The van der Waals surface area contributed by atoms with Gasteiger partial charge in [-0.1, -0.05) is 18.2 Å². The van der Waals surface area contributed by atoms with Gasteiger partial charge in [-0.25, -0.2) is 0 Å². The van der Waals surface area contributed by atoms with Crippen LogP contribution in [0.1, 0.15) is 0 Å². The average molecular weight is 106 g/mol. The zero-order chi connectivity index (χ0) is 4.99. The summed E-state index contributed by atoms with van der Waals surface area (Å²) < 4.78 is 10.6. The van der Waals surface area contributed by atoms with Gasteiger partial charge in [0.05, 0.1) is 5.21 Å². The Hall–Kier alpha value is -0.620. The van der Waals surface area contributed by atoms with Crippen molar-refractivity contribution in [3.8, 4) is 0 Å². The minimum absolute atomic E-state index is 0.685. The highest BCUT2D eigenvalue weighted by Crippen LogP contribution is 1.85. The van der Waals surface area contributed by atoms with E-state index in [2.05, 4.69) is 16.4 Å². The molecule has 0 fully saturated rings. The molecule has 0 N–H and O–H groups in total. The van der Waals surface area contributed by atoms with Gasteiger partial charge in [-0.3, -0.25) is 0 Å². The Morgan fingerprint density at radius 1 is 2.00 bits per heavy atom. The quantitative estimate of drug-likeness (QED) is 0.192. The monoisotopic (exact) mass is 106 g/mol. The third kappa shape index (κ3) is 1.68. The van der Waals surface area contributed by atoms with Gasteiger partial charge in [-0.05, 0) is 0 Å². The molecule has 0 aromatic heterocycles. The number of amidine groups is 1. The Bertz CT molecular complexity index is 103. The highest BCUT2D eigenvalue weighted by molar-refractivity contribution is 6.67. The fourth-order valence-electron chi connectivity index (χ4n) is 0.0189. The fourth-order valence-corrected chi connectivity index (χ4v) is 0.0189. The number of hydrogen-bond donors (Lipinski definition) is 0. The Morgan fingerprint density at radius 3 is 2.50 bits per heavy atom. The van der Waals surface area contributed by atoms with Crippen molar-refractivity contribution in [1.29, 1.82) is 0 Å². The summed E-state index contributed by atoms with van der Waals surface area (Å²) >= 11 is 4.67. The third-order valence-electron chi connectivity index (χ3n) is 0.162. The molecule has 0 bridgehead atoms. The van der Waals surface area contributed by atoms with Crippen LogP contribution >= 0.6 is 11.6 Å². The summed E-state index contributed by atoms with van der Waals surface area (Å²) in [4.78, 5) is 2.40. The van der Waals surface area contributed by atoms with Gasteiger partial charge in [0, 0.05) is 4.48 Å². The van der Waals surface area contributed by atoms with Crippen molar-refractivity contribution in [3.05, 3.63) is 11.4 Å². The summed E-state index contributed by atoms with van der Waals surface area (Å²) in [7, 11) is 0. The summed E-state index contributed by atoms with van der Waals surface area (Å²) in [5.41, 5.74) is 0. The van der Waals surface area contributed by atoms with Gasteiger partial charge < -0.3 is 4.85 Å². The molecule has 0 aliphatic rings. The van der Waals surface area contributed by atoms with E-state index < -0.39 is 5.29 Å². The van der Waals surface area contributed by atoms with Crippen molar-refractivity contribution in [3.63, 3.8) is 0 Å². The predicted octanol–water partition coefficient (Wildman–Crippen LogP) is 1.38. The first kappa shape index (κ1) is 5.38. The number of hydrogen-bond acceptors (Lipinski definition) is 1. The first-order chi connectivity index (χ1) is 2.81. The second kappa shape index (κ2) is 2.61. The lowest BCUT2D eigenvalue weighted by Crippen LogP contribution is -1.65. The van der Waals surface area contributed by atoms with E-state index in [4.69, 9.17) is 6.57 Å². The number of rotatable bonds is 0. The first-order valence-electron chi connectivity index (χ1n) is 1.03. The van der Waals surface area contributed by atoms with Crippen LogP contribution in [0, 0.1) is 6.57 Å². The highest BCUT2D eigenvalue weighted by atomic mass is 35.5. The average Bonchev–Trinajstić information content (AvgIpc) is 1.65. The van der Waals surface area contributed by atoms with Crippen LogP contribution in [0.4, 0.5) is 4.48 Å². The zero-order valence-electron chi connectivity index (χ0n) is 2.65. The molecule has 0 rings (SSSR count). The molecular weight excluding hydrogens is 106 g/mol. The number of nitrogens with zero attached hydrogens (tertiary/aromatic N) is 2. The van der Waals surface area contributed by atoms with Crippen LogP contribution in [0.2, 0.25) is 0 Å². The van der Waals surface area contributed by atoms with Gasteiger partial charge in [0.25, 0.3) is 0 Å². The van der Waals surface area contributed by atoms with Gasteiger partial charge in [0.15, 0.2) is 0 Å².